The monoisotopic (exact) mass is 386 g/mol. The van der Waals surface area contributed by atoms with Gasteiger partial charge in [-0.2, -0.15) is 0 Å². The van der Waals surface area contributed by atoms with Gasteiger partial charge >= 0.3 is 0 Å². The van der Waals surface area contributed by atoms with Gasteiger partial charge in [0.15, 0.2) is 0 Å². The Hall–Kier alpha value is -2.34. The van der Waals surface area contributed by atoms with Crippen LogP contribution in [0.5, 0.6) is 0 Å². The van der Waals surface area contributed by atoms with Gasteiger partial charge in [-0.05, 0) is 30.5 Å². The number of benzene rings is 2. The van der Waals surface area contributed by atoms with Crippen LogP contribution in [0.3, 0.4) is 0 Å². The first kappa shape index (κ1) is 19.4. The molecule has 6 heteroatoms. The zero-order chi connectivity index (χ0) is 19.4. The molecule has 2 aromatic carbocycles. The molecule has 0 spiro atoms. The van der Waals surface area contributed by atoms with Crippen molar-refractivity contribution in [1.29, 1.82) is 0 Å². The summed E-state index contributed by atoms with van der Waals surface area (Å²) >= 11 is 1.48. The fraction of sp³-hybridized carbons (Fsp3) is 0.333. The normalized spacial score (nSPS) is 16.9. The molecular weight excluding hydrogens is 363 g/mol. The molecule has 142 valence electrons. The van der Waals surface area contributed by atoms with E-state index < -0.39 is 6.04 Å². The van der Waals surface area contributed by atoms with E-state index in [9.17, 15) is 14.0 Å². The maximum Gasteiger partial charge on any atom is 0.222 e. The number of rotatable bonds is 5. The van der Waals surface area contributed by atoms with Crippen LogP contribution in [0.25, 0.3) is 0 Å². The molecule has 0 saturated carbocycles. The third-order valence-corrected chi connectivity index (χ3v) is 5.77. The van der Waals surface area contributed by atoms with Crippen molar-refractivity contribution < 1.29 is 14.0 Å². The minimum atomic E-state index is -0.395. The van der Waals surface area contributed by atoms with Crippen LogP contribution in [0.2, 0.25) is 0 Å². The Morgan fingerprint density at radius 3 is 2.67 bits per heavy atom. The first-order valence-electron chi connectivity index (χ1n) is 8.98. The van der Waals surface area contributed by atoms with Gasteiger partial charge < -0.3 is 10.6 Å². The van der Waals surface area contributed by atoms with Crippen LogP contribution >= 0.6 is 11.8 Å². The maximum absolute atomic E-state index is 14.0. The Kier molecular flexibility index (Phi) is 6.16. The van der Waals surface area contributed by atoms with Crippen LogP contribution in [0.15, 0.2) is 47.4 Å². The minimum absolute atomic E-state index is 0.136. The van der Waals surface area contributed by atoms with Crippen molar-refractivity contribution in [3.05, 3.63) is 65.0 Å². The van der Waals surface area contributed by atoms with Gasteiger partial charge in [-0.3, -0.25) is 9.59 Å². The van der Waals surface area contributed by atoms with Crippen molar-refractivity contribution in [2.45, 2.75) is 43.7 Å². The lowest BCUT2D eigenvalue weighted by atomic mass is 10.00. The van der Waals surface area contributed by atoms with Gasteiger partial charge in [0.2, 0.25) is 11.8 Å². The standard InChI is InChI=1S/C21H23FN2O2S/c1-13-6-8-15(9-7-13)19(23-14(2)25)12-20(26)24-18-10-11-27-21-16(18)4-3-5-17(21)22/h3-9,18-19H,10-12H2,1-2H3,(H,23,25)(H,24,26). The van der Waals surface area contributed by atoms with Crippen LogP contribution in [0.4, 0.5) is 4.39 Å². The SMILES string of the molecule is CC(=O)NC(CC(=O)NC1CCSc2c(F)cccc21)c1ccc(C)cc1. The number of fused-ring (bicyclic) bond motifs is 1. The lowest BCUT2D eigenvalue weighted by Crippen LogP contribution is -2.35. The van der Waals surface area contributed by atoms with Crippen LogP contribution in [-0.2, 0) is 9.59 Å². The molecule has 0 radical (unpaired) electrons. The minimum Gasteiger partial charge on any atom is -0.349 e. The van der Waals surface area contributed by atoms with E-state index in [-0.39, 0.29) is 30.1 Å². The molecule has 0 aliphatic carbocycles. The molecule has 3 rings (SSSR count). The van der Waals surface area contributed by atoms with Gasteiger partial charge in [0.25, 0.3) is 0 Å². The van der Waals surface area contributed by atoms with Crippen LogP contribution in [0.1, 0.15) is 48.5 Å². The van der Waals surface area contributed by atoms with Crippen molar-refractivity contribution in [2.24, 2.45) is 0 Å². The predicted octanol–water partition coefficient (Wildman–Crippen LogP) is 4.05. The Bertz CT molecular complexity index is 839. The highest BCUT2D eigenvalue weighted by atomic mass is 32.2. The van der Waals surface area contributed by atoms with Crippen LogP contribution in [-0.4, -0.2) is 17.6 Å². The Labute approximate surface area is 162 Å². The molecule has 0 fully saturated rings. The smallest absolute Gasteiger partial charge is 0.222 e. The van der Waals surface area contributed by atoms with E-state index in [0.717, 1.165) is 28.9 Å². The predicted molar refractivity (Wildman–Crippen MR) is 105 cm³/mol. The van der Waals surface area contributed by atoms with E-state index in [0.29, 0.717) is 4.90 Å². The molecule has 4 nitrogen and oxygen atoms in total. The molecule has 2 atom stereocenters. The fourth-order valence-electron chi connectivity index (χ4n) is 3.27. The molecule has 0 aromatic heterocycles. The van der Waals surface area contributed by atoms with Crippen molar-refractivity contribution in [3.8, 4) is 0 Å². The number of hydrogen-bond donors (Lipinski definition) is 2. The second kappa shape index (κ2) is 8.57. The molecular formula is C21H23FN2O2S. The van der Waals surface area contributed by atoms with E-state index in [1.807, 2.05) is 37.3 Å². The summed E-state index contributed by atoms with van der Waals surface area (Å²) in [4.78, 5) is 24.9. The van der Waals surface area contributed by atoms with Crippen molar-refractivity contribution in [3.63, 3.8) is 0 Å². The number of hydrogen-bond acceptors (Lipinski definition) is 3. The van der Waals surface area contributed by atoms with Gasteiger partial charge in [0, 0.05) is 17.6 Å². The second-order valence-electron chi connectivity index (χ2n) is 6.78. The average Bonchev–Trinajstić information content (AvgIpc) is 2.62. The Morgan fingerprint density at radius 1 is 1.22 bits per heavy atom. The number of amides is 2. The van der Waals surface area contributed by atoms with Crippen molar-refractivity contribution in [2.75, 3.05) is 5.75 Å². The summed E-state index contributed by atoms with van der Waals surface area (Å²) in [6.45, 7) is 3.43. The molecule has 2 N–H and O–H groups in total. The van der Waals surface area contributed by atoms with E-state index in [4.69, 9.17) is 0 Å². The molecule has 1 aliphatic heterocycles. The number of nitrogens with one attached hydrogen (secondary N) is 2. The number of halogens is 1. The third-order valence-electron chi connectivity index (χ3n) is 4.61. The highest BCUT2D eigenvalue weighted by Crippen LogP contribution is 2.37. The first-order valence-corrected chi connectivity index (χ1v) is 9.97. The van der Waals surface area contributed by atoms with E-state index in [2.05, 4.69) is 10.6 Å². The highest BCUT2D eigenvalue weighted by molar-refractivity contribution is 7.99. The molecule has 0 bridgehead atoms. The maximum atomic E-state index is 14.0. The number of carbonyl (C=O) groups is 2. The van der Waals surface area contributed by atoms with E-state index >= 15 is 0 Å². The first-order chi connectivity index (χ1) is 12.9. The molecule has 2 aromatic rings. The van der Waals surface area contributed by atoms with Crippen molar-refractivity contribution >= 4 is 23.6 Å². The fourth-order valence-corrected chi connectivity index (χ4v) is 4.41. The zero-order valence-corrected chi connectivity index (χ0v) is 16.2. The second-order valence-corrected chi connectivity index (χ2v) is 7.89. The zero-order valence-electron chi connectivity index (χ0n) is 15.4. The van der Waals surface area contributed by atoms with Gasteiger partial charge in [-0.1, -0.05) is 42.0 Å². The van der Waals surface area contributed by atoms with Gasteiger partial charge in [0.05, 0.1) is 18.5 Å². The molecule has 2 amide bonds. The number of aryl methyl sites for hydroxylation is 1. The topological polar surface area (TPSA) is 58.2 Å². The highest BCUT2D eigenvalue weighted by Gasteiger charge is 2.26. The lowest BCUT2D eigenvalue weighted by Gasteiger charge is -2.27. The van der Waals surface area contributed by atoms with Gasteiger partial charge in [-0.15, -0.1) is 11.8 Å². The van der Waals surface area contributed by atoms with Gasteiger partial charge in [0.1, 0.15) is 5.82 Å². The van der Waals surface area contributed by atoms with Crippen molar-refractivity contribution in [1.82, 2.24) is 10.6 Å². The molecule has 1 heterocycles. The lowest BCUT2D eigenvalue weighted by molar-refractivity contribution is -0.123. The van der Waals surface area contributed by atoms with Crippen LogP contribution < -0.4 is 10.6 Å². The molecule has 0 saturated heterocycles. The summed E-state index contributed by atoms with van der Waals surface area (Å²) in [5.74, 6) is 0.162. The summed E-state index contributed by atoms with van der Waals surface area (Å²) < 4.78 is 14.0. The van der Waals surface area contributed by atoms with E-state index in [1.165, 1.54) is 24.8 Å². The number of thioether (sulfide) groups is 1. The van der Waals surface area contributed by atoms with E-state index in [1.54, 1.807) is 6.07 Å². The number of carbonyl (C=O) groups excluding carboxylic acids is 2. The Balaban J connectivity index is 1.73. The van der Waals surface area contributed by atoms with Gasteiger partial charge in [-0.25, -0.2) is 4.39 Å². The third kappa shape index (κ3) is 4.89. The molecule has 1 aliphatic rings. The summed E-state index contributed by atoms with van der Waals surface area (Å²) in [6.07, 6.45) is 0.888. The summed E-state index contributed by atoms with van der Waals surface area (Å²) in [5.41, 5.74) is 2.82. The molecule has 27 heavy (non-hydrogen) atoms. The molecule has 2 unspecified atom stereocenters. The summed E-state index contributed by atoms with van der Waals surface area (Å²) in [7, 11) is 0. The summed E-state index contributed by atoms with van der Waals surface area (Å²) in [6, 6.07) is 12.1. The quantitative estimate of drug-likeness (QED) is 0.815. The summed E-state index contributed by atoms with van der Waals surface area (Å²) in [5, 5.41) is 5.87. The van der Waals surface area contributed by atoms with Crippen LogP contribution in [0, 0.1) is 12.7 Å². The average molecular weight is 386 g/mol. The Morgan fingerprint density at radius 2 is 1.96 bits per heavy atom. The largest absolute Gasteiger partial charge is 0.349 e.